The molecule has 128 valence electrons. The number of piperidine rings is 1. The SMILES string of the molecule is O=C([C@H]1CCCCN1C(=O)c1cccnc1)N1C[C@H]2CCC[C@H]2C1. The van der Waals surface area contributed by atoms with Gasteiger partial charge in [-0.1, -0.05) is 6.42 Å². The van der Waals surface area contributed by atoms with Gasteiger partial charge in [0.1, 0.15) is 6.04 Å². The first-order valence-electron chi connectivity index (χ1n) is 9.24. The molecule has 0 unspecified atom stereocenters. The summed E-state index contributed by atoms with van der Waals surface area (Å²) in [5.74, 6) is 1.50. The van der Waals surface area contributed by atoms with Crippen LogP contribution in [0.5, 0.6) is 0 Å². The van der Waals surface area contributed by atoms with Gasteiger partial charge in [-0.2, -0.15) is 0 Å². The maximum absolute atomic E-state index is 13.1. The lowest BCUT2D eigenvalue weighted by Crippen LogP contribution is -2.52. The Balaban J connectivity index is 1.50. The molecular weight excluding hydrogens is 302 g/mol. The van der Waals surface area contributed by atoms with Crippen molar-refractivity contribution < 1.29 is 9.59 Å². The van der Waals surface area contributed by atoms with E-state index in [1.165, 1.54) is 19.3 Å². The molecule has 1 saturated carbocycles. The number of amides is 2. The van der Waals surface area contributed by atoms with Crippen molar-refractivity contribution in [2.24, 2.45) is 11.8 Å². The van der Waals surface area contributed by atoms with Crippen LogP contribution in [-0.4, -0.2) is 52.3 Å². The molecule has 1 aliphatic carbocycles. The van der Waals surface area contributed by atoms with Crippen LogP contribution >= 0.6 is 0 Å². The van der Waals surface area contributed by atoms with E-state index in [1.54, 1.807) is 29.4 Å². The monoisotopic (exact) mass is 327 g/mol. The van der Waals surface area contributed by atoms with E-state index in [-0.39, 0.29) is 17.9 Å². The standard InChI is InChI=1S/C19H25N3O2/c23-18(14-7-4-9-20-11-14)22-10-2-1-8-17(22)19(24)21-12-15-5-3-6-16(15)13-21/h4,7,9,11,15-17H,1-3,5-6,8,10,12-13H2/t15-,16+,17-/m1/s1. The molecule has 2 amide bonds. The van der Waals surface area contributed by atoms with E-state index in [1.807, 2.05) is 4.90 Å². The third-order valence-corrected chi connectivity index (χ3v) is 6.00. The molecule has 0 N–H and O–H groups in total. The molecule has 24 heavy (non-hydrogen) atoms. The van der Waals surface area contributed by atoms with E-state index in [0.29, 0.717) is 23.9 Å². The summed E-state index contributed by atoms with van der Waals surface area (Å²) in [5.41, 5.74) is 0.579. The van der Waals surface area contributed by atoms with E-state index < -0.39 is 0 Å². The first-order chi connectivity index (χ1) is 11.7. The Morgan fingerprint density at radius 1 is 1.04 bits per heavy atom. The number of likely N-dealkylation sites (tertiary alicyclic amines) is 2. The van der Waals surface area contributed by atoms with Gasteiger partial charge < -0.3 is 9.80 Å². The second-order valence-electron chi connectivity index (χ2n) is 7.45. The number of fused-ring (bicyclic) bond motifs is 1. The molecule has 2 saturated heterocycles. The zero-order valence-corrected chi connectivity index (χ0v) is 14.1. The smallest absolute Gasteiger partial charge is 0.256 e. The van der Waals surface area contributed by atoms with Crippen LogP contribution in [0.25, 0.3) is 0 Å². The van der Waals surface area contributed by atoms with Crippen molar-refractivity contribution in [3.05, 3.63) is 30.1 Å². The fourth-order valence-corrected chi connectivity index (χ4v) is 4.71. The van der Waals surface area contributed by atoms with Gasteiger partial charge in [0.25, 0.3) is 5.91 Å². The molecule has 3 heterocycles. The molecule has 0 bridgehead atoms. The molecule has 1 aromatic rings. The number of hydrogen-bond donors (Lipinski definition) is 0. The predicted molar refractivity (Wildman–Crippen MR) is 90.3 cm³/mol. The minimum Gasteiger partial charge on any atom is -0.340 e. The van der Waals surface area contributed by atoms with Crippen molar-refractivity contribution in [1.82, 2.24) is 14.8 Å². The maximum Gasteiger partial charge on any atom is 0.256 e. The average Bonchev–Trinajstić information content (AvgIpc) is 3.23. The summed E-state index contributed by atoms with van der Waals surface area (Å²) in [6.45, 7) is 2.47. The zero-order valence-electron chi connectivity index (χ0n) is 14.1. The number of carbonyl (C=O) groups excluding carboxylic acids is 2. The molecule has 3 aliphatic rings. The molecule has 5 nitrogen and oxygen atoms in total. The van der Waals surface area contributed by atoms with Gasteiger partial charge in [-0.25, -0.2) is 0 Å². The van der Waals surface area contributed by atoms with Crippen molar-refractivity contribution in [3.8, 4) is 0 Å². The first kappa shape index (κ1) is 15.6. The Kier molecular flexibility index (Phi) is 4.25. The van der Waals surface area contributed by atoms with Crippen molar-refractivity contribution in [3.63, 3.8) is 0 Å². The third kappa shape index (κ3) is 2.80. The summed E-state index contributed by atoms with van der Waals surface area (Å²) in [5, 5.41) is 0. The van der Waals surface area contributed by atoms with E-state index in [2.05, 4.69) is 4.98 Å². The van der Waals surface area contributed by atoms with Gasteiger partial charge in [0.2, 0.25) is 5.91 Å². The highest BCUT2D eigenvalue weighted by atomic mass is 16.2. The van der Waals surface area contributed by atoms with E-state index >= 15 is 0 Å². The minimum atomic E-state index is -0.287. The fourth-order valence-electron chi connectivity index (χ4n) is 4.71. The summed E-state index contributed by atoms with van der Waals surface area (Å²) >= 11 is 0. The molecule has 2 aliphatic heterocycles. The lowest BCUT2D eigenvalue weighted by Gasteiger charge is -2.37. The molecular formula is C19H25N3O2. The van der Waals surface area contributed by atoms with Crippen LogP contribution in [0, 0.1) is 11.8 Å². The van der Waals surface area contributed by atoms with Crippen LogP contribution in [-0.2, 0) is 4.79 Å². The van der Waals surface area contributed by atoms with Gasteiger partial charge in [-0.05, 0) is 56.1 Å². The van der Waals surface area contributed by atoms with Crippen molar-refractivity contribution in [2.75, 3.05) is 19.6 Å². The second kappa shape index (κ2) is 6.54. The average molecular weight is 327 g/mol. The summed E-state index contributed by atoms with van der Waals surface area (Å²) in [4.78, 5) is 33.8. The normalized spacial score (nSPS) is 29.6. The molecule has 5 heteroatoms. The lowest BCUT2D eigenvalue weighted by molar-refractivity contribution is -0.136. The molecule has 0 radical (unpaired) electrons. The first-order valence-corrected chi connectivity index (χ1v) is 9.24. The Bertz CT molecular complexity index is 606. The number of rotatable bonds is 2. The zero-order chi connectivity index (χ0) is 16.5. The van der Waals surface area contributed by atoms with Gasteiger partial charge in [0, 0.05) is 32.0 Å². The van der Waals surface area contributed by atoms with E-state index in [9.17, 15) is 9.59 Å². The quantitative estimate of drug-likeness (QED) is 0.838. The van der Waals surface area contributed by atoms with Gasteiger partial charge in [0.05, 0.1) is 5.56 Å². The summed E-state index contributed by atoms with van der Waals surface area (Å²) < 4.78 is 0. The number of carbonyl (C=O) groups is 2. The Labute approximate surface area is 143 Å². The van der Waals surface area contributed by atoms with Crippen molar-refractivity contribution in [2.45, 2.75) is 44.6 Å². The minimum absolute atomic E-state index is 0.0551. The molecule has 3 atom stereocenters. The van der Waals surface area contributed by atoms with Gasteiger partial charge in [-0.3, -0.25) is 14.6 Å². The van der Waals surface area contributed by atoms with Crippen molar-refractivity contribution in [1.29, 1.82) is 0 Å². The molecule has 0 aromatic carbocycles. The Hall–Kier alpha value is -1.91. The maximum atomic E-state index is 13.1. The Morgan fingerprint density at radius 3 is 2.54 bits per heavy atom. The molecule has 1 aromatic heterocycles. The highest BCUT2D eigenvalue weighted by molar-refractivity contribution is 5.97. The van der Waals surface area contributed by atoms with Crippen LogP contribution in [0.1, 0.15) is 48.9 Å². The summed E-state index contributed by atoms with van der Waals surface area (Å²) in [6, 6.07) is 3.27. The van der Waals surface area contributed by atoms with Crippen LogP contribution in [0.15, 0.2) is 24.5 Å². The van der Waals surface area contributed by atoms with E-state index in [0.717, 1.165) is 32.4 Å². The third-order valence-electron chi connectivity index (χ3n) is 6.00. The number of hydrogen-bond acceptors (Lipinski definition) is 3. The largest absolute Gasteiger partial charge is 0.340 e. The highest BCUT2D eigenvalue weighted by Gasteiger charge is 2.42. The number of nitrogens with zero attached hydrogens (tertiary/aromatic N) is 3. The van der Waals surface area contributed by atoms with E-state index in [4.69, 9.17) is 0 Å². The molecule has 0 spiro atoms. The second-order valence-corrected chi connectivity index (χ2v) is 7.45. The van der Waals surface area contributed by atoms with Crippen LogP contribution in [0.4, 0.5) is 0 Å². The summed E-state index contributed by atoms with van der Waals surface area (Å²) in [7, 11) is 0. The molecule has 3 fully saturated rings. The predicted octanol–water partition coefficient (Wildman–Crippen LogP) is 2.33. The Morgan fingerprint density at radius 2 is 1.83 bits per heavy atom. The number of aromatic nitrogens is 1. The molecule has 4 rings (SSSR count). The lowest BCUT2D eigenvalue weighted by atomic mass is 9.99. The number of pyridine rings is 1. The van der Waals surface area contributed by atoms with Gasteiger partial charge >= 0.3 is 0 Å². The summed E-state index contributed by atoms with van der Waals surface area (Å²) in [6.07, 6.45) is 9.88. The van der Waals surface area contributed by atoms with Crippen molar-refractivity contribution >= 4 is 11.8 Å². The topological polar surface area (TPSA) is 53.5 Å². The highest BCUT2D eigenvalue weighted by Crippen LogP contribution is 2.38. The van der Waals surface area contributed by atoms with Crippen LogP contribution in [0.2, 0.25) is 0 Å². The fraction of sp³-hybridized carbons (Fsp3) is 0.632. The van der Waals surface area contributed by atoms with Crippen LogP contribution in [0.3, 0.4) is 0 Å². The van der Waals surface area contributed by atoms with Gasteiger partial charge in [-0.15, -0.1) is 0 Å². The van der Waals surface area contributed by atoms with Crippen LogP contribution < -0.4 is 0 Å². The van der Waals surface area contributed by atoms with Gasteiger partial charge in [0.15, 0.2) is 0 Å².